The zero-order valence-corrected chi connectivity index (χ0v) is 12.5. The molecule has 0 aliphatic heterocycles. The number of hydrogen-bond donors (Lipinski definition) is 1. The number of aromatic amines is 1. The van der Waals surface area contributed by atoms with Gasteiger partial charge in [0.2, 0.25) is 0 Å². The van der Waals surface area contributed by atoms with Crippen LogP contribution in [0.5, 0.6) is 5.75 Å². The molecule has 0 saturated heterocycles. The van der Waals surface area contributed by atoms with E-state index in [0.717, 1.165) is 28.8 Å². The van der Waals surface area contributed by atoms with Crippen LogP contribution >= 0.6 is 0 Å². The first-order chi connectivity index (χ1) is 10.8. The van der Waals surface area contributed by atoms with Crippen LogP contribution in [0.3, 0.4) is 0 Å². The lowest BCUT2D eigenvalue weighted by Crippen LogP contribution is -2.11. The summed E-state index contributed by atoms with van der Waals surface area (Å²) in [4.78, 5) is 11.8. The molecule has 0 aliphatic carbocycles. The van der Waals surface area contributed by atoms with Gasteiger partial charge in [0.1, 0.15) is 5.75 Å². The fraction of sp³-hybridized carbons (Fsp3) is 0.222. The van der Waals surface area contributed by atoms with Crippen molar-refractivity contribution >= 4 is 10.8 Å². The van der Waals surface area contributed by atoms with Gasteiger partial charge in [-0.15, -0.1) is 0 Å². The highest BCUT2D eigenvalue weighted by molar-refractivity contribution is 5.83. The standard InChI is InChI=1S/C18H18N2O2/c1-2-10-22-14-7-5-6-13(11-14)12-17-15-8-3-4-9-16(15)18(21)20-19-17/h3-9,11H,2,10,12H2,1H3,(H,20,21). The van der Waals surface area contributed by atoms with Crippen molar-refractivity contribution in [3.63, 3.8) is 0 Å². The monoisotopic (exact) mass is 294 g/mol. The Morgan fingerprint density at radius 2 is 1.91 bits per heavy atom. The number of nitrogens with zero attached hydrogens (tertiary/aromatic N) is 1. The van der Waals surface area contributed by atoms with E-state index < -0.39 is 0 Å². The number of nitrogens with one attached hydrogen (secondary N) is 1. The third-order valence-electron chi connectivity index (χ3n) is 3.52. The molecule has 0 fully saturated rings. The van der Waals surface area contributed by atoms with Crippen LogP contribution in [0.4, 0.5) is 0 Å². The van der Waals surface area contributed by atoms with E-state index in [1.807, 2.05) is 48.5 Å². The van der Waals surface area contributed by atoms with Gasteiger partial charge in [-0.1, -0.05) is 37.3 Å². The number of hydrogen-bond acceptors (Lipinski definition) is 3. The Bertz CT molecular complexity index is 840. The minimum atomic E-state index is -0.153. The van der Waals surface area contributed by atoms with E-state index in [9.17, 15) is 4.79 Å². The highest BCUT2D eigenvalue weighted by atomic mass is 16.5. The molecule has 1 heterocycles. The summed E-state index contributed by atoms with van der Waals surface area (Å²) in [7, 11) is 0. The van der Waals surface area contributed by atoms with Gasteiger partial charge in [-0.25, -0.2) is 5.10 Å². The summed E-state index contributed by atoms with van der Waals surface area (Å²) in [5.74, 6) is 0.869. The highest BCUT2D eigenvalue weighted by Crippen LogP contribution is 2.19. The van der Waals surface area contributed by atoms with Gasteiger partial charge in [0, 0.05) is 11.8 Å². The first-order valence-corrected chi connectivity index (χ1v) is 7.46. The molecule has 1 N–H and O–H groups in total. The van der Waals surface area contributed by atoms with E-state index in [-0.39, 0.29) is 5.56 Å². The number of rotatable bonds is 5. The lowest BCUT2D eigenvalue weighted by atomic mass is 10.0. The lowest BCUT2D eigenvalue weighted by Gasteiger charge is -2.08. The van der Waals surface area contributed by atoms with E-state index in [1.165, 1.54) is 0 Å². The number of benzene rings is 2. The summed E-state index contributed by atoms with van der Waals surface area (Å²) in [6.07, 6.45) is 1.64. The van der Waals surface area contributed by atoms with Crippen molar-refractivity contribution in [2.45, 2.75) is 19.8 Å². The molecule has 2 aromatic carbocycles. The molecule has 3 aromatic rings. The smallest absolute Gasteiger partial charge is 0.272 e. The lowest BCUT2D eigenvalue weighted by molar-refractivity contribution is 0.317. The molecular weight excluding hydrogens is 276 g/mol. The summed E-state index contributed by atoms with van der Waals surface area (Å²) in [6, 6.07) is 15.5. The number of ether oxygens (including phenoxy) is 1. The van der Waals surface area contributed by atoms with Gasteiger partial charge in [0.05, 0.1) is 17.7 Å². The molecule has 3 rings (SSSR count). The Morgan fingerprint density at radius 3 is 2.73 bits per heavy atom. The topological polar surface area (TPSA) is 55.0 Å². The Labute approximate surface area is 128 Å². The van der Waals surface area contributed by atoms with E-state index in [1.54, 1.807) is 0 Å². The minimum Gasteiger partial charge on any atom is -0.494 e. The number of aromatic nitrogens is 2. The largest absolute Gasteiger partial charge is 0.494 e. The average molecular weight is 294 g/mol. The molecule has 0 unspecified atom stereocenters. The maximum absolute atomic E-state index is 11.8. The molecule has 112 valence electrons. The first-order valence-electron chi connectivity index (χ1n) is 7.46. The van der Waals surface area contributed by atoms with Crippen LogP contribution in [-0.4, -0.2) is 16.8 Å². The van der Waals surface area contributed by atoms with Crippen molar-refractivity contribution in [2.24, 2.45) is 0 Å². The van der Waals surface area contributed by atoms with Crippen molar-refractivity contribution in [2.75, 3.05) is 6.61 Å². The van der Waals surface area contributed by atoms with Crippen molar-refractivity contribution in [1.29, 1.82) is 0 Å². The molecule has 0 atom stereocenters. The number of fused-ring (bicyclic) bond motifs is 1. The summed E-state index contributed by atoms with van der Waals surface area (Å²) in [5.41, 5.74) is 1.82. The normalized spacial score (nSPS) is 10.8. The van der Waals surface area contributed by atoms with E-state index >= 15 is 0 Å². The summed E-state index contributed by atoms with van der Waals surface area (Å²) in [5, 5.41) is 8.36. The van der Waals surface area contributed by atoms with Gasteiger partial charge >= 0.3 is 0 Å². The molecule has 4 nitrogen and oxygen atoms in total. The van der Waals surface area contributed by atoms with E-state index in [2.05, 4.69) is 17.1 Å². The summed E-state index contributed by atoms with van der Waals surface area (Å²) < 4.78 is 5.66. The van der Waals surface area contributed by atoms with Crippen LogP contribution in [0.15, 0.2) is 53.3 Å². The summed E-state index contributed by atoms with van der Waals surface area (Å²) in [6.45, 7) is 2.80. The van der Waals surface area contributed by atoms with Crippen LogP contribution in [-0.2, 0) is 6.42 Å². The highest BCUT2D eigenvalue weighted by Gasteiger charge is 2.07. The fourth-order valence-electron chi connectivity index (χ4n) is 2.46. The van der Waals surface area contributed by atoms with Gasteiger partial charge in [-0.05, 0) is 30.2 Å². The number of H-pyrrole nitrogens is 1. The van der Waals surface area contributed by atoms with Gasteiger partial charge in [0.25, 0.3) is 5.56 Å². The molecule has 0 spiro atoms. The second-order valence-electron chi connectivity index (χ2n) is 5.22. The predicted octanol–water partition coefficient (Wildman–Crippen LogP) is 3.30. The fourth-order valence-corrected chi connectivity index (χ4v) is 2.46. The van der Waals surface area contributed by atoms with Crippen LogP contribution in [0, 0.1) is 0 Å². The Hall–Kier alpha value is -2.62. The molecule has 22 heavy (non-hydrogen) atoms. The van der Waals surface area contributed by atoms with Crippen LogP contribution in [0.25, 0.3) is 10.8 Å². The van der Waals surface area contributed by atoms with Crippen LogP contribution in [0.2, 0.25) is 0 Å². The molecule has 0 saturated carbocycles. The second kappa shape index (κ2) is 6.43. The van der Waals surface area contributed by atoms with E-state index in [4.69, 9.17) is 4.74 Å². The van der Waals surface area contributed by atoms with Crippen LogP contribution < -0.4 is 10.3 Å². The third-order valence-corrected chi connectivity index (χ3v) is 3.52. The Kier molecular flexibility index (Phi) is 4.19. The van der Waals surface area contributed by atoms with Gasteiger partial charge in [0.15, 0.2) is 0 Å². The quantitative estimate of drug-likeness (QED) is 0.785. The zero-order valence-electron chi connectivity index (χ0n) is 12.5. The maximum Gasteiger partial charge on any atom is 0.272 e. The van der Waals surface area contributed by atoms with Crippen LogP contribution in [0.1, 0.15) is 24.6 Å². The Balaban J connectivity index is 1.93. The molecule has 1 aromatic heterocycles. The van der Waals surface area contributed by atoms with Gasteiger partial charge in [-0.2, -0.15) is 5.10 Å². The molecule has 0 radical (unpaired) electrons. The summed E-state index contributed by atoms with van der Waals surface area (Å²) >= 11 is 0. The second-order valence-corrected chi connectivity index (χ2v) is 5.22. The average Bonchev–Trinajstić information content (AvgIpc) is 2.56. The molecular formula is C18H18N2O2. The van der Waals surface area contributed by atoms with Crippen molar-refractivity contribution in [3.05, 3.63) is 70.1 Å². The Morgan fingerprint density at radius 1 is 1.09 bits per heavy atom. The van der Waals surface area contributed by atoms with Gasteiger partial charge in [-0.3, -0.25) is 4.79 Å². The molecule has 0 amide bonds. The zero-order chi connectivity index (χ0) is 15.4. The van der Waals surface area contributed by atoms with Gasteiger partial charge < -0.3 is 4.74 Å². The van der Waals surface area contributed by atoms with Crippen molar-refractivity contribution < 1.29 is 4.74 Å². The third kappa shape index (κ3) is 3.01. The van der Waals surface area contributed by atoms with Crippen molar-refractivity contribution in [1.82, 2.24) is 10.2 Å². The van der Waals surface area contributed by atoms with Crippen molar-refractivity contribution in [3.8, 4) is 5.75 Å². The minimum absolute atomic E-state index is 0.153. The van der Waals surface area contributed by atoms with E-state index in [0.29, 0.717) is 18.4 Å². The molecule has 0 aliphatic rings. The predicted molar refractivity (Wildman–Crippen MR) is 87.4 cm³/mol. The maximum atomic E-state index is 11.8. The SMILES string of the molecule is CCCOc1cccc(Cc2n[nH]c(=O)c3ccccc23)c1. The molecule has 0 bridgehead atoms. The first kappa shape index (κ1) is 14.3. The molecule has 4 heteroatoms.